The number of methoxy groups -OCH3 is 2. The van der Waals surface area contributed by atoms with Crippen LogP contribution in [-0.4, -0.2) is 39.6 Å². The summed E-state index contributed by atoms with van der Waals surface area (Å²) in [6, 6.07) is 13.5. The summed E-state index contributed by atoms with van der Waals surface area (Å²) in [5, 5.41) is 5.83. The molecule has 0 aliphatic heterocycles. The van der Waals surface area contributed by atoms with Crippen LogP contribution in [0.2, 0.25) is 5.02 Å². The van der Waals surface area contributed by atoms with Crippen molar-refractivity contribution in [3.63, 3.8) is 0 Å². The van der Waals surface area contributed by atoms with Crippen LogP contribution in [0.15, 0.2) is 53.8 Å². The molecule has 2 heterocycles. The lowest BCUT2D eigenvalue weighted by Gasteiger charge is -2.23. The maximum absolute atomic E-state index is 13.0. The number of Topliss-reactive ketones (excluding diaryl/α,β-unsaturated/α-hetero) is 1. The highest BCUT2D eigenvalue weighted by Crippen LogP contribution is 2.36. The standard InChI is InChI=1S/C24H21ClN4O3S/c1-31-21-8-5-15(11-22(21)32-2)16-9-19-18(20(30)10-16)12-29-23(26-19)27-24(28-29)33-13-14-3-6-17(25)7-4-14/h3-8,11-12,16H,9-10,13H2,1-2H3/t16-/m1/s1. The maximum Gasteiger partial charge on any atom is 0.253 e. The first-order chi connectivity index (χ1) is 16.0. The molecule has 0 unspecified atom stereocenters. The Morgan fingerprint density at radius 1 is 1.06 bits per heavy atom. The van der Waals surface area contributed by atoms with Crippen molar-refractivity contribution >= 4 is 34.9 Å². The average molecular weight is 481 g/mol. The van der Waals surface area contributed by atoms with Crippen molar-refractivity contribution in [3.8, 4) is 11.5 Å². The molecule has 0 saturated carbocycles. The number of hydrogen-bond donors (Lipinski definition) is 0. The van der Waals surface area contributed by atoms with E-state index in [1.807, 2.05) is 42.5 Å². The number of thioether (sulfide) groups is 1. The van der Waals surface area contributed by atoms with Crippen molar-refractivity contribution < 1.29 is 14.3 Å². The second-order valence-corrected chi connectivity index (χ2v) is 9.18. The van der Waals surface area contributed by atoms with Crippen molar-refractivity contribution in [1.82, 2.24) is 19.6 Å². The van der Waals surface area contributed by atoms with Crippen LogP contribution in [-0.2, 0) is 12.2 Å². The molecule has 2 aromatic heterocycles. The van der Waals surface area contributed by atoms with E-state index in [4.69, 9.17) is 21.1 Å². The van der Waals surface area contributed by atoms with Gasteiger partial charge in [0.15, 0.2) is 17.3 Å². The first kappa shape index (κ1) is 21.7. The molecular weight excluding hydrogens is 460 g/mol. The van der Waals surface area contributed by atoms with Crippen LogP contribution in [0.5, 0.6) is 11.5 Å². The van der Waals surface area contributed by atoms with Gasteiger partial charge in [-0.15, -0.1) is 5.10 Å². The zero-order valence-electron chi connectivity index (χ0n) is 18.1. The summed E-state index contributed by atoms with van der Waals surface area (Å²) < 4.78 is 12.4. The van der Waals surface area contributed by atoms with Gasteiger partial charge in [0.05, 0.1) is 25.5 Å². The van der Waals surface area contributed by atoms with E-state index in [0.29, 0.717) is 51.6 Å². The van der Waals surface area contributed by atoms with Crippen LogP contribution in [0, 0.1) is 0 Å². The Morgan fingerprint density at radius 2 is 1.85 bits per heavy atom. The topological polar surface area (TPSA) is 78.6 Å². The van der Waals surface area contributed by atoms with Gasteiger partial charge >= 0.3 is 0 Å². The molecule has 0 spiro atoms. The van der Waals surface area contributed by atoms with Gasteiger partial charge in [0.25, 0.3) is 5.78 Å². The predicted octanol–water partition coefficient (Wildman–Crippen LogP) is 5.00. The molecule has 7 nitrogen and oxygen atoms in total. The van der Waals surface area contributed by atoms with Crippen LogP contribution >= 0.6 is 23.4 Å². The molecule has 1 aliphatic carbocycles. The third kappa shape index (κ3) is 4.41. The molecule has 0 radical (unpaired) electrons. The lowest BCUT2D eigenvalue weighted by molar-refractivity contribution is 0.0962. The minimum atomic E-state index is 0.0152. The molecule has 2 aromatic carbocycles. The number of rotatable bonds is 6. The third-order valence-corrected chi connectivity index (χ3v) is 6.88. The second kappa shape index (κ2) is 9.03. The molecule has 4 aromatic rings. The van der Waals surface area contributed by atoms with Crippen LogP contribution in [0.25, 0.3) is 5.78 Å². The molecule has 0 N–H and O–H groups in total. The lowest BCUT2D eigenvalue weighted by atomic mass is 9.82. The molecule has 168 valence electrons. The van der Waals surface area contributed by atoms with E-state index in [-0.39, 0.29) is 11.7 Å². The van der Waals surface area contributed by atoms with E-state index >= 15 is 0 Å². The Labute approximate surface area is 200 Å². The number of nitrogens with zero attached hydrogens (tertiary/aromatic N) is 4. The molecule has 0 saturated heterocycles. The van der Waals surface area contributed by atoms with Crippen molar-refractivity contribution in [2.75, 3.05) is 14.2 Å². The molecule has 0 amide bonds. The van der Waals surface area contributed by atoms with Gasteiger partial charge in [0.1, 0.15) is 0 Å². The Balaban J connectivity index is 1.39. The van der Waals surface area contributed by atoms with Gasteiger partial charge in [0, 0.05) is 23.4 Å². The fraction of sp³-hybridized carbons (Fsp3) is 0.250. The van der Waals surface area contributed by atoms with Gasteiger partial charge in [-0.25, -0.2) is 9.50 Å². The Hall–Kier alpha value is -3.10. The zero-order valence-corrected chi connectivity index (χ0v) is 19.7. The third-order valence-electron chi connectivity index (χ3n) is 5.72. The number of benzene rings is 2. The largest absolute Gasteiger partial charge is 0.493 e. The van der Waals surface area contributed by atoms with Crippen LogP contribution in [0.4, 0.5) is 0 Å². The predicted molar refractivity (Wildman–Crippen MR) is 127 cm³/mol. The van der Waals surface area contributed by atoms with Gasteiger partial charge in [-0.2, -0.15) is 4.98 Å². The number of ether oxygens (including phenoxy) is 2. The highest BCUT2D eigenvalue weighted by atomic mass is 35.5. The van der Waals surface area contributed by atoms with Crippen molar-refractivity contribution in [2.45, 2.75) is 29.7 Å². The molecule has 9 heteroatoms. The average Bonchev–Trinajstić information content (AvgIpc) is 3.23. The van der Waals surface area contributed by atoms with Gasteiger partial charge in [-0.1, -0.05) is 41.6 Å². The fourth-order valence-corrected chi connectivity index (χ4v) is 4.90. The Kier molecular flexibility index (Phi) is 5.95. The summed E-state index contributed by atoms with van der Waals surface area (Å²) >= 11 is 7.47. The van der Waals surface area contributed by atoms with Crippen molar-refractivity contribution in [2.24, 2.45) is 0 Å². The van der Waals surface area contributed by atoms with Crippen molar-refractivity contribution in [3.05, 3.63) is 76.1 Å². The summed E-state index contributed by atoms with van der Waals surface area (Å²) in [7, 11) is 3.21. The van der Waals surface area contributed by atoms with E-state index in [1.165, 1.54) is 11.8 Å². The second-order valence-electron chi connectivity index (χ2n) is 7.80. The summed E-state index contributed by atoms with van der Waals surface area (Å²) in [5.41, 5.74) is 3.51. The smallest absolute Gasteiger partial charge is 0.253 e. The highest BCUT2D eigenvalue weighted by molar-refractivity contribution is 7.98. The number of carbonyl (C=O) groups excluding carboxylic acids is 1. The minimum Gasteiger partial charge on any atom is -0.493 e. The summed E-state index contributed by atoms with van der Waals surface area (Å²) in [6.07, 6.45) is 2.81. The molecular formula is C24H21ClN4O3S. The van der Waals surface area contributed by atoms with E-state index in [1.54, 1.807) is 24.9 Å². The molecule has 1 aliphatic rings. The highest BCUT2D eigenvalue weighted by Gasteiger charge is 2.29. The zero-order chi connectivity index (χ0) is 22.9. The van der Waals surface area contributed by atoms with Gasteiger partial charge in [0.2, 0.25) is 5.16 Å². The van der Waals surface area contributed by atoms with Gasteiger partial charge < -0.3 is 9.47 Å². The van der Waals surface area contributed by atoms with E-state index in [9.17, 15) is 4.79 Å². The number of hydrogen-bond acceptors (Lipinski definition) is 7. The number of halogens is 1. The number of aromatic nitrogens is 4. The van der Waals surface area contributed by atoms with Gasteiger partial charge in [-0.3, -0.25) is 4.79 Å². The first-order valence-corrected chi connectivity index (χ1v) is 11.8. The molecule has 5 rings (SSSR count). The van der Waals surface area contributed by atoms with Crippen LogP contribution in [0.1, 0.15) is 39.5 Å². The van der Waals surface area contributed by atoms with Crippen LogP contribution < -0.4 is 9.47 Å². The minimum absolute atomic E-state index is 0.0152. The Morgan fingerprint density at radius 3 is 2.61 bits per heavy atom. The van der Waals surface area contributed by atoms with Crippen molar-refractivity contribution in [1.29, 1.82) is 0 Å². The maximum atomic E-state index is 13.0. The lowest BCUT2D eigenvalue weighted by Crippen LogP contribution is -2.21. The van der Waals surface area contributed by atoms with Gasteiger partial charge in [-0.05, 0) is 47.7 Å². The number of carbonyl (C=O) groups is 1. The normalized spacial score (nSPS) is 15.5. The fourth-order valence-electron chi connectivity index (χ4n) is 4.00. The monoisotopic (exact) mass is 480 g/mol. The summed E-state index contributed by atoms with van der Waals surface area (Å²) in [5.74, 6) is 2.59. The molecule has 33 heavy (non-hydrogen) atoms. The van der Waals surface area contributed by atoms with E-state index in [2.05, 4.69) is 15.1 Å². The van der Waals surface area contributed by atoms with E-state index < -0.39 is 0 Å². The molecule has 0 fully saturated rings. The molecule has 0 bridgehead atoms. The number of fused-ring (bicyclic) bond motifs is 2. The Bertz CT molecular complexity index is 1340. The first-order valence-electron chi connectivity index (χ1n) is 10.4. The molecule has 1 atom stereocenters. The van der Waals surface area contributed by atoms with Crippen LogP contribution in [0.3, 0.4) is 0 Å². The summed E-state index contributed by atoms with van der Waals surface area (Å²) in [6.45, 7) is 0. The van der Waals surface area contributed by atoms with E-state index in [0.717, 1.165) is 16.8 Å². The number of ketones is 1. The SMILES string of the molecule is COc1ccc([C@H]2CC(=O)c3cn4nc(SCc5ccc(Cl)cc5)nc4nc3C2)cc1OC. The summed E-state index contributed by atoms with van der Waals surface area (Å²) in [4.78, 5) is 22.2. The quantitative estimate of drug-likeness (QED) is 0.359.